The van der Waals surface area contributed by atoms with E-state index in [4.69, 9.17) is 9.81 Å². The Morgan fingerprint density at radius 2 is 2.13 bits per heavy atom. The molecule has 0 aliphatic carbocycles. The van der Waals surface area contributed by atoms with Crippen molar-refractivity contribution >= 4 is 21.2 Å². The van der Waals surface area contributed by atoms with E-state index in [0.29, 0.717) is 0 Å². The monoisotopic (exact) mass is 224 g/mol. The van der Waals surface area contributed by atoms with Gasteiger partial charge in [0.1, 0.15) is 22.0 Å². The van der Waals surface area contributed by atoms with Gasteiger partial charge in [0.05, 0.1) is 5.56 Å². The van der Waals surface area contributed by atoms with E-state index >= 15 is 0 Å². The molecule has 1 aromatic heterocycles. The smallest absolute Gasteiger partial charge is 0.282 e. The summed E-state index contributed by atoms with van der Waals surface area (Å²) in [6.45, 7) is 0. The van der Waals surface area contributed by atoms with Crippen molar-refractivity contribution in [1.82, 2.24) is 15.4 Å². The number of nitrogens with one attached hydrogen (secondary N) is 1. The summed E-state index contributed by atoms with van der Waals surface area (Å²) in [4.78, 5) is -0.517. The van der Waals surface area contributed by atoms with Crippen LogP contribution in [0.25, 0.3) is 11.0 Å². The number of fused-ring (bicyclic) bond motifs is 1. The molecule has 0 spiro atoms. The molecule has 1 aromatic carbocycles. The number of hydrogen-bond donors (Lipinski definition) is 2. The first kappa shape index (κ1) is 9.57. The molecular weight excluding hydrogens is 220 g/mol. The van der Waals surface area contributed by atoms with Crippen molar-refractivity contribution in [3.63, 3.8) is 0 Å². The lowest BCUT2D eigenvalue weighted by Crippen LogP contribution is -2.02. The summed E-state index contributed by atoms with van der Waals surface area (Å²) in [7, 11) is -4.49. The lowest BCUT2D eigenvalue weighted by atomic mass is 10.2. The number of H-pyrrole nitrogens is 1. The maximum absolute atomic E-state index is 11.0. The van der Waals surface area contributed by atoms with Crippen molar-refractivity contribution in [3.8, 4) is 6.07 Å². The molecule has 76 valence electrons. The molecule has 15 heavy (non-hydrogen) atoms. The maximum Gasteiger partial charge on any atom is 0.298 e. The summed E-state index contributed by atoms with van der Waals surface area (Å²) in [6, 6.07) is 4.36. The van der Waals surface area contributed by atoms with Crippen molar-refractivity contribution < 1.29 is 13.0 Å². The van der Waals surface area contributed by atoms with Gasteiger partial charge in [-0.25, -0.2) is 0 Å². The Labute approximate surface area is 84.1 Å². The van der Waals surface area contributed by atoms with Crippen molar-refractivity contribution in [2.45, 2.75) is 4.90 Å². The van der Waals surface area contributed by atoms with Gasteiger partial charge in [0.25, 0.3) is 10.1 Å². The molecule has 1 heterocycles. The quantitative estimate of drug-likeness (QED) is 0.661. The number of nitrogens with zero attached hydrogens (tertiary/aromatic N) is 3. The molecule has 0 atom stereocenters. The van der Waals surface area contributed by atoms with Gasteiger partial charge in [0, 0.05) is 0 Å². The minimum absolute atomic E-state index is 0.0449. The molecule has 0 aliphatic heterocycles. The van der Waals surface area contributed by atoms with Crippen LogP contribution in [0.4, 0.5) is 0 Å². The number of hydrogen-bond acceptors (Lipinski definition) is 5. The molecule has 0 radical (unpaired) electrons. The number of benzene rings is 1. The number of aromatic amines is 1. The van der Waals surface area contributed by atoms with Gasteiger partial charge in [-0.05, 0) is 12.1 Å². The zero-order chi connectivity index (χ0) is 11.1. The second-order valence-corrected chi connectivity index (χ2v) is 4.08. The first-order valence-electron chi connectivity index (χ1n) is 3.75. The predicted molar refractivity (Wildman–Crippen MR) is 48.4 cm³/mol. The molecular formula is C7H4N4O3S. The van der Waals surface area contributed by atoms with Gasteiger partial charge in [-0.3, -0.25) is 4.55 Å². The van der Waals surface area contributed by atoms with Crippen LogP contribution < -0.4 is 0 Å². The Morgan fingerprint density at radius 1 is 1.40 bits per heavy atom. The van der Waals surface area contributed by atoms with Gasteiger partial charge in [-0.1, -0.05) is 0 Å². The van der Waals surface area contributed by atoms with Gasteiger partial charge in [0.15, 0.2) is 0 Å². The van der Waals surface area contributed by atoms with Crippen LogP contribution in [-0.4, -0.2) is 28.4 Å². The van der Waals surface area contributed by atoms with Crippen LogP contribution in [0, 0.1) is 11.3 Å². The Bertz CT molecular complexity index is 667. The molecule has 0 saturated heterocycles. The number of nitriles is 1. The third-order valence-electron chi connectivity index (χ3n) is 1.82. The molecule has 8 heteroatoms. The van der Waals surface area contributed by atoms with Crippen molar-refractivity contribution in [3.05, 3.63) is 17.7 Å². The minimum Gasteiger partial charge on any atom is -0.282 e. The van der Waals surface area contributed by atoms with E-state index in [-0.39, 0.29) is 16.6 Å². The normalized spacial score (nSPS) is 11.5. The SMILES string of the molecule is N#Cc1ccc2n[nH]nc2c1S(=O)(=O)O. The van der Waals surface area contributed by atoms with Crippen LogP contribution in [0.2, 0.25) is 0 Å². The van der Waals surface area contributed by atoms with Gasteiger partial charge < -0.3 is 0 Å². The molecule has 0 unspecified atom stereocenters. The minimum atomic E-state index is -4.49. The fourth-order valence-electron chi connectivity index (χ4n) is 1.24. The molecule has 2 aromatic rings. The van der Waals surface area contributed by atoms with Gasteiger partial charge in [0.2, 0.25) is 0 Å². The average molecular weight is 224 g/mol. The van der Waals surface area contributed by atoms with E-state index in [0.717, 1.165) is 0 Å². The molecule has 0 aliphatic rings. The van der Waals surface area contributed by atoms with E-state index in [1.165, 1.54) is 12.1 Å². The fraction of sp³-hybridized carbons (Fsp3) is 0. The van der Waals surface area contributed by atoms with E-state index in [1.54, 1.807) is 6.07 Å². The number of aromatic nitrogens is 3. The largest absolute Gasteiger partial charge is 0.298 e. The molecule has 0 fully saturated rings. The molecule has 0 bridgehead atoms. The molecule has 2 rings (SSSR count). The highest BCUT2D eigenvalue weighted by Gasteiger charge is 2.21. The molecule has 2 N–H and O–H groups in total. The van der Waals surface area contributed by atoms with Crippen molar-refractivity contribution in [2.24, 2.45) is 0 Å². The first-order valence-corrected chi connectivity index (χ1v) is 5.19. The zero-order valence-electron chi connectivity index (χ0n) is 7.17. The standard InChI is InChI=1S/C7H4N4O3S/c8-3-4-1-2-5-6(10-11-9-5)7(4)15(12,13)14/h1-2H,(H,9,10,11)(H,12,13,14). The molecule has 7 nitrogen and oxygen atoms in total. The van der Waals surface area contributed by atoms with Crippen LogP contribution in [0.3, 0.4) is 0 Å². The first-order chi connectivity index (χ1) is 7.04. The third-order valence-corrected chi connectivity index (χ3v) is 2.75. The van der Waals surface area contributed by atoms with E-state index in [1.807, 2.05) is 0 Å². The van der Waals surface area contributed by atoms with E-state index < -0.39 is 15.0 Å². The summed E-state index contributed by atoms with van der Waals surface area (Å²) < 4.78 is 31.1. The molecule has 0 amide bonds. The Morgan fingerprint density at radius 3 is 2.73 bits per heavy atom. The third kappa shape index (κ3) is 1.43. The Kier molecular flexibility index (Phi) is 1.92. The van der Waals surface area contributed by atoms with Gasteiger partial charge in [-0.2, -0.15) is 29.1 Å². The highest BCUT2D eigenvalue weighted by molar-refractivity contribution is 7.86. The van der Waals surface area contributed by atoms with Crippen LogP contribution in [-0.2, 0) is 10.1 Å². The average Bonchev–Trinajstić information content (AvgIpc) is 2.61. The summed E-state index contributed by atoms with van der Waals surface area (Å²) in [5, 5.41) is 18.1. The number of rotatable bonds is 1. The summed E-state index contributed by atoms with van der Waals surface area (Å²) in [6.07, 6.45) is 0. The predicted octanol–water partition coefficient (Wildman–Crippen LogP) is 0.0763. The van der Waals surface area contributed by atoms with E-state index in [2.05, 4.69) is 15.4 Å². The second kappa shape index (κ2) is 3.01. The zero-order valence-corrected chi connectivity index (χ0v) is 7.98. The lowest BCUT2D eigenvalue weighted by Gasteiger charge is -1.99. The Hall–Kier alpha value is -1.98. The summed E-state index contributed by atoms with van der Waals surface area (Å²) in [5.74, 6) is 0. The van der Waals surface area contributed by atoms with Crippen LogP contribution in [0.1, 0.15) is 5.56 Å². The summed E-state index contributed by atoms with van der Waals surface area (Å²) in [5.41, 5.74) is 0.0528. The van der Waals surface area contributed by atoms with Gasteiger partial charge in [-0.15, -0.1) is 0 Å². The van der Waals surface area contributed by atoms with Crippen LogP contribution >= 0.6 is 0 Å². The van der Waals surface area contributed by atoms with Crippen LogP contribution in [0.15, 0.2) is 17.0 Å². The topological polar surface area (TPSA) is 120 Å². The lowest BCUT2D eigenvalue weighted by molar-refractivity contribution is 0.484. The van der Waals surface area contributed by atoms with E-state index in [9.17, 15) is 8.42 Å². The Balaban J connectivity index is 3.01. The van der Waals surface area contributed by atoms with Crippen molar-refractivity contribution in [1.29, 1.82) is 5.26 Å². The maximum atomic E-state index is 11.0. The van der Waals surface area contributed by atoms with Crippen molar-refractivity contribution in [2.75, 3.05) is 0 Å². The van der Waals surface area contributed by atoms with Gasteiger partial charge >= 0.3 is 0 Å². The highest BCUT2D eigenvalue weighted by atomic mass is 32.2. The summed E-state index contributed by atoms with van der Waals surface area (Å²) >= 11 is 0. The second-order valence-electron chi connectivity index (χ2n) is 2.72. The highest BCUT2D eigenvalue weighted by Crippen LogP contribution is 2.22. The van der Waals surface area contributed by atoms with Crippen LogP contribution in [0.5, 0.6) is 0 Å². The molecule has 0 saturated carbocycles. The fourth-order valence-corrected chi connectivity index (χ4v) is 2.02.